The molecule has 0 N–H and O–H groups in total. The third-order valence-corrected chi connectivity index (χ3v) is 3.48. The molecule has 1 aliphatic heterocycles. The summed E-state index contributed by atoms with van der Waals surface area (Å²) in [4.78, 5) is 0. The highest BCUT2D eigenvalue weighted by Gasteiger charge is 2.44. The van der Waals surface area contributed by atoms with E-state index in [1.165, 1.54) is 17.5 Å². The Morgan fingerprint density at radius 1 is 1.31 bits per heavy atom. The van der Waals surface area contributed by atoms with E-state index in [2.05, 4.69) is 12.1 Å². The van der Waals surface area contributed by atoms with E-state index >= 15 is 0 Å². The predicted octanol–water partition coefficient (Wildman–Crippen LogP) is 2.90. The molecule has 1 atom stereocenters. The summed E-state index contributed by atoms with van der Waals surface area (Å²) >= 11 is 5.94. The lowest BCUT2D eigenvalue weighted by Crippen LogP contribution is -2.38. The van der Waals surface area contributed by atoms with Crippen molar-refractivity contribution in [3.05, 3.63) is 34.3 Å². The first kappa shape index (κ1) is 7.84. The molecule has 0 radical (unpaired) electrons. The van der Waals surface area contributed by atoms with Gasteiger partial charge in [-0.2, -0.15) is 0 Å². The van der Waals surface area contributed by atoms with Gasteiger partial charge >= 0.3 is 0 Å². The highest BCUT2D eigenvalue weighted by Crippen LogP contribution is 2.48. The molecule has 0 aromatic heterocycles. The zero-order valence-corrected chi connectivity index (χ0v) is 8.10. The van der Waals surface area contributed by atoms with E-state index in [0.717, 1.165) is 24.5 Å². The first-order valence-corrected chi connectivity index (χ1v) is 5.11. The topological polar surface area (TPSA) is 9.23 Å². The normalized spacial score (nSPS) is 30.2. The summed E-state index contributed by atoms with van der Waals surface area (Å²) in [6, 6.07) is 6.17. The molecule has 2 aliphatic rings. The molecular weight excluding hydrogens is 184 g/mol. The monoisotopic (exact) mass is 194 g/mol. The zero-order chi connectivity index (χ0) is 8.89. The zero-order valence-electron chi connectivity index (χ0n) is 7.35. The average Bonchev–Trinajstić information content (AvgIpc) is 2.41. The van der Waals surface area contributed by atoms with Crippen molar-refractivity contribution in [1.82, 2.24) is 0 Å². The van der Waals surface area contributed by atoms with Crippen LogP contribution in [-0.2, 0) is 16.8 Å². The Balaban J connectivity index is 2.11. The SMILES string of the molecule is Clc1ccc2c(c1)CCC21CCO1. The van der Waals surface area contributed by atoms with Crippen LogP contribution in [-0.4, -0.2) is 6.61 Å². The van der Waals surface area contributed by atoms with Gasteiger partial charge in [-0.15, -0.1) is 0 Å². The van der Waals surface area contributed by atoms with Crippen molar-refractivity contribution in [3.8, 4) is 0 Å². The molecule has 1 spiro atoms. The maximum Gasteiger partial charge on any atom is 0.0959 e. The molecule has 1 aromatic carbocycles. The summed E-state index contributed by atoms with van der Waals surface area (Å²) in [5, 5.41) is 0.843. The second kappa shape index (κ2) is 2.49. The largest absolute Gasteiger partial charge is 0.370 e. The van der Waals surface area contributed by atoms with E-state index in [1.54, 1.807) is 0 Å². The molecule has 13 heavy (non-hydrogen) atoms. The lowest BCUT2D eigenvalue weighted by atomic mass is 9.88. The molecule has 1 nitrogen and oxygen atoms in total. The van der Waals surface area contributed by atoms with Crippen molar-refractivity contribution < 1.29 is 4.74 Å². The van der Waals surface area contributed by atoms with Crippen molar-refractivity contribution >= 4 is 11.6 Å². The first-order valence-electron chi connectivity index (χ1n) is 4.73. The first-order chi connectivity index (χ1) is 6.30. The second-order valence-electron chi connectivity index (χ2n) is 3.89. The van der Waals surface area contributed by atoms with E-state index in [0.29, 0.717) is 0 Å². The minimum atomic E-state index is 0.0833. The van der Waals surface area contributed by atoms with Gasteiger partial charge in [0, 0.05) is 11.4 Å². The van der Waals surface area contributed by atoms with Crippen LogP contribution in [0.5, 0.6) is 0 Å². The summed E-state index contributed by atoms with van der Waals surface area (Å²) in [7, 11) is 0. The van der Waals surface area contributed by atoms with Crippen LogP contribution in [0.3, 0.4) is 0 Å². The van der Waals surface area contributed by atoms with Crippen molar-refractivity contribution in [2.24, 2.45) is 0 Å². The van der Waals surface area contributed by atoms with Gasteiger partial charge in [-0.3, -0.25) is 0 Å². The number of fused-ring (bicyclic) bond motifs is 2. The molecule has 1 fully saturated rings. The molecule has 1 aromatic rings. The van der Waals surface area contributed by atoms with E-state index in [4.69, 9.17) is 16.3 Å². The lowest BCUT2D eigenvalue weighted by Gasteiger charge is -2.39. The van der Waals surface area contributed by atoms with Crippen LogP contribution in [0, 0.1) is 0 Å². The van der Waals surface area contributed by atoms with Gasteiger partial charge in [0.25, 0.3) is 0 Å². The van der Waals surface area contributed by atoms with E-state index in [1.807, 2.05) is 6.07 Å². The summed E-state index contributed by atoms with van der Waals surface area (Å²) in [6.07, 6.45) is 3.44. The molecule has 1 heterocycles. The third kappa shape index (κ3) is 0.976. The van der Waals surface area contributed by atoms with Gasteiger partial charge in [-0.05, 0) is 36.1 Å². The third-order valence-electron chi connectivity index (χ3n) is 3.24. The number of rotatable bonds is 0. The molecule has 0 bridgehead atoms. The maximum absolute atomic E-state index is 5.94. The molecule has 1 unspecified atom stereocenters. The number of hydrogen-bond acceptors (Lipinski definition) is 1. The van der Waals surface area contributed by atoms with Gasteiger partial charge in [0.15, 0.2) is 0 Å². The van der Waals surface area contributed by atoms with Gasteiger partial charge in [0.1, 0.15) is 0 Å². The van der Waals surface area contributed by atoms with Crippen LogP contribution in [0.4, 0.5) is 0 Å². The van der Waals surface area contributed by atoms with Crippen molar-refractivity contribution in [2.75, 3.05) is 6.61 Å². The molecule has 0 saturated carbocycles. The molecule has 68 valence electrons. The minimum absolute atomic E-state index is 0.0833. The van der Waals surface area contributed by atoms with Gasteiger partial charge in [0.05, 0.1) is 12.2 Å². The number of benzene rings is 1. The molecule has 3 rings (SSSR count). The summed E-state index contributed by atoms with van der Waals surface area (Å²) in [5.74, 6) is 0. The number of ether oxygens (including phenoxy) is 1. The molecule has 1 saturated heterocycles. The van der Waals surface area contributed by atoms with Crippen molar-refractivity contribution in [1.29, 1.82) is 0 Å². The molecule has 0 amide bonds. The Hall–Kier alpha value is -0.530. The predicted molar refractivity (Wildman–Crippen MR) is 52.0 cm³/mol. The highest BCUT2D eigenvalue weighted by atomic mass is 35.5. The number of hydrogen-bond donors (Lipinski definition) is 0. The van der Waals surface area contributed by atoms with Crippen molar-refractivity contribution in [3.63, 3.8) is 0 Å². The quantitative estimate of drug-likeness (QED) is 0.617. The van der Waals surface area contributed by atoms with E-state index in [-0.39, 0.29) is 5.60 Å². The van der Waals surface area contributed by atoms with Crippen LogP contribution in [0.15, 0.2) is 18.2 Å². The van der Waals surface area contributed by atoms with Gasteiger partial charge in [0.2, 0.25) is 0 Å². The fourth-order valence-electron chi connectivity index (χ4n) is 2.44. The van der Waals surface area contributed by atoms with Gasteiger partial charge in [-0.1, -0.05) is 17.7 Å². The van der Waals surface area contributed by atoms with Crippen LogP contribution < -0.4 is 0 Å². The highest BCUT2D eigenvalue weighted by molar-refractivity contribution is 6.30. The van der Waals surface area contributed by atoms with E-state index in [9.17, 15) is 0 Å². The minimum Gasteiger partial charge on any atom is -0.370 e. The standard InChI is InChI=1S/C11H11ClO/c12-9-1-2-10-8(7-9)3-4-11(10)5-6-13-11/h1-2,7H,3-6H2. The van der Waals surface area contributed by atoms with Gasteiger partial charge < -0.3 is 4.74 Å². The summed E-state index contributed by atoms with van der Waals surface area (Å²) in [6.45, 7) is 0.919. The van der Waals surface area contributed by atoms with Crippen LogP contribution >= 0.6 is 11.6 Å². The molecule has 1 aliphatic carbocycles. The summed E-state index contributed by atoms with van der Waals surface area (Å²) < 4.78 is 5.70. The maximum atomic E-state index is 5.94. The van der Waals surface area contributed by atoms with Crippen LogP contribution in [0.2, 0.25) is 5.02 Å². The van der Waals surface area contributed by atoms with Gasteiger partial charge in [-0.25, -0.2) is 0 Å². The number of aryl methyl sites for hydroxylation is 1. The molecular formula is C11H11ClO. The lowest BCUT2D eigenvalue weighted by molar-refractivity contribution is -0.152. The summed E-state index contributed by atoms with van der Waals surface area (Å²) in [5.41, 5.74) is 2.84. The molecule has 2 heteroatoms. The fourth-order valence-corrected chi connectivity index (χ4v) is 2.64. The van der Waals surface area contributed by atoms with Crippen LogP contribution in [0.1, 0.15) is 24.0 Å². The Morgan fingerprint density at radius 3 is 2.85 bits per heavy atom. The Bertz CT molecular complexity index is 355. The second-order valence-corrected chi connectivity index (χ2v) is 4.33. The fraction of sp³-hybridized carbons (Fsp3) is 0.455. The Morgan fingerprint density at radius 2 is 2.15 bits per heavy atom. The van der Waals surface area contributed by atoms with Crippen molar-refractivity contribution in [2.45, 2.75) is 24.9 Å². The Labute approximate surface area is 82.7 Å². The Kier molecular flexibility index (Phi) is 1.50. The average molecular weight is 195 g/mol. The van der Waals surface area contributed by atoms with Crippen LogP contribution in [0.25, 0.3) is 0 Å². The van der Waals surface area contributed by atoms with E-state index < -0.39 is 0 Å². The number of halogens is 1. The smallest absolute Gasteiger partial charge is 0.0959 e.